The van der Waals surface area contributed by atoms with Crippen molar-refractivity contribution in [3.8, 4) is 0 Å². The molecule has 1 rings (SSSR count). The zero-order valence-corrected chi connectivity index (χ0v) is 10.3. The van der Waals surface area contributed by atoms with Crippen LogP contribution in [0, 0.1) is 0 Å². The van der Waals surface area contributed by atoms with E-state index in [2.05, 4.69) is 28.9 Å². The van der Waals surface area contributed by atoms with E-state index in [-0.39, 0.29) is 6.61 Å². The van der Waals surface area contributed by atoms with Gasteiger partial charge in [0.25, 0.3) is 0 Å². The van der Waals surface area contributed by atoms with Gasteiger partial charge >= 0.3 is 0 Å². The van der Waals surface area contributed by atoms with Gasteiger partial charge in [0.15, 0.2) is 0 Å². The molecule has 0 radical (unpaired) electrons. The zero-order chi connectivity index (χ0) is 12.0. The SMILES string of the molecule is CN(C)CCCN(C)c1ccncc1CO. The standard InChI is InChI=1S/C12H21N3O/c1-14(2)7-4-8-15(3)12-5-6-13-9-11(12)10-16/h5-6,9,16H,4,7-8,10H2,1-3H3. The molecule has 1 aromatic heterocycles. The first-order valence-corrected chi connectivity index (χ1v) is 5.54. The summed E-state index contributed by atoms with van der Waals surface area (Å²) < 4.78 is 0. The Morgan fingerprint density at radius 3 is 2.62 bits per heavy atom. The maximum atomic E-state index is 9.21. The lowest BCUT2D eigenvalue weighted by atomic mass is 10.2. The van der Waals surface area contributed by atoms with Crippen LogP contribution in [0.25, 0.3) is 0 Å². The van der Waals surface area contributed by atoms with Crippen molar-refractivity contribution in [3.63, 3.8) is 0 Å². The van der Waals surface area contributed by atoms with Gasteiger partial charge in [0.1, 0.15) is 0 Å². The Morgan fingerprint density at radius 1 is 1.25 bits per heavy atom. The molecule has 0 saturated heterocycles. The lowest BCUT2D eigenvalue weighted by Crippen LogP contribution is -2.24. The highest BCUT2D eigenvalue weighted by Crippen LogP contribution is 2.17. The van der Waals surface area contributed by atoms with E-state index in [9.17, 15) is 5.11 Å². The Morgan fingerprint density at radius 2 is 2.00 bits per heavy atom. The van der Waals surface area contributed by atoms with Crippen molar-refractivity contribution < 1.29 is 5.11 Å². The van der Waals surface area contributed by atoms with E-state index in [0.29, 0.717) is 0 Å². The van der Waals surface area contributed by atoms with Crippen molar-refractivity contribution in [2.24, 2.45) is 0 Å². The fourth-order valence-electron chi connectivity index (χ4n) is 1.66. The van der Waals surface area contributed by atoms with Gasteiger partial charge in [-0.1, -0.05) is 0 Å². The lowest BCUT2D eigenvalue weighted by molar-refractivity contribution is 0.281. The molecule has 4 heteroatoms. The molecule has 0 aliphatic carbocycles. The summed E-state index contributed by atoms with van der Waals surface area (Å²) in [4.78, 5) is 8.35. The number of aliphatic hydroxyl groups is 1. The molecule has 1 heterocycles. The van der Waals surface area contributed by atoms with E-state index in [1.807, 2.05) is 13.1 Å². The van der Waals surface area contributed by atoms with Crippen molar-refractivity contribution >= 4 is 5.69 Å². The quantitative estimate of drug-likeness (QED) is 0.780. The fourth-order valence-corrected chi connectivity index (χ4v) is 1.66. The summed E-state index contributed by atoms with van der Waals surface area (Å²) in [5.74, 6) is 0. The van der Waals surface area contributed by atoms with E-state index in [0.717, 1.165) is 30.8 Å². The fraction of sp³-hybridized carbons (Fsp3) is 0.583. The lowest BCUT2D eigenvalue weighted by Gasteiger charge is -2.22. The number of hydrogen-bond acceptors (Lipinski definition) is 4. The van der Waals surface area contributed by atoms with Crippen molar-refractivity contribution in [1.29, 1.82) is 0 Å². The Balaban J connectivity index is 2.55. The molecule has 0 amide bonds. The molecule has 0 bridgehead atoms. The molecule has 1 aromatic rings. The number of anilines is 1. The molecule has 0 saturated carbocycles. The first kappa shape index (κ1) is 12.9. The topological polar surface area (TPSA) is 39.6 Å². The normalized spacial score (nSPS) is 10.8. The molecular formula is C12H21N3O. The largest absolute Gasteiger partial charge is 0.392 e. The van der Waals surface area contributed by atoms with Gasteiger partial charge in [-0.15, -0.1) is 0 Å². The highest BCUT2D eigenvalue weighted by atomic mass is 16.3. The third-order valence-electron chi connectivity index (χ3n) is 2.56. The Labute approximate surface area is 97.5 Å². The third-order valence-corrected chi connectivity index (χ3v) is 2.56. The second-order valence-corrected chi connectivity index (χ2v) is 4.24. The minimum Gasteiger partial charge on any atom is -0.392 e. The van der Waals surface area contributed by atoms with Crippen LogP contribution in [0.2, 0.25) is 0 Å². The van der Waals surface area contributed by atoms with Crippen LogP contribution < -0.4 is 4.90 Å². The minimum absolute atomic E-state index is 0.0429. The zero-order valence-electron chi connectivity index (χ0n) is 10.3. The number of hydrogen-bond donors (Lipinski definition) is 1. The number of pyridine rings is 1. The Hall–Kier alpha value is -1.13. The van der Waals surface area contributed by atoms with Gasteiger partial charge in [-0.25, -0.2) is 0 Å². The van der Waals surface area contributed by atoms with Crippen LogP contribution in [0.15, 0.2) is 18.5 Å². The molecule has 0 fully saturated rings. The summed E-state index contributed by atoms with van der Waals surface area (Å²) in [5.41, 5.74) is 1.95. The summed E-state index contributed by atoms with van der Waals surface area (Å²) >= 11 is 0. The molecule has 1 N–H and O–H groups in total. The molecule has 0 atom stereocenters. The van der Waals surface area contributed by atoms with Crippen LogP contribution in [0.1, 0.15) is 12.0 Å². The van der Waals surface area contributed by atoms with E-state index in [1.165, 1.54) is 0 Å². The summed E-state index contributed by atoms with van der Waals surface area (Å²) in [6.45, 7) is 2.10. The molecule has 4 nitrogen and oxygen atoms in total. The van der Waals surface area contributed by atoms with Crippen LogP contribution in [0.5, 0.6) is 0 Å². The maximum Gasteiger partial charge on any atom is 0.0717 e. The number of aromatic nitrogens is 1. The molecule has 16 heavy (non-hydrogen) atoms. The molecule has 0 spiro atoms. The van der Waals surface area contributed by atoms with Gasteiger partial charge in [0.2, 0.25) is 0 Å². The first-order valence-electron chi connectivity index (χ1n) is 5.54. The highest BCUT2D eigenvalue weighted by molar-refractivity contribution is 5.51. The van der Waals surface area contributed by atoms with Crippen molar-refractivity contribution in [2.45, 2.75) is 13.0 Å². The molecule has 0 aliphatic heterocycles. The summed E-state index contributed by atoms with van der Waals surface area (Å²) in [6, 6.07) is 1.95. The predicted octanol–water partition coefficient (Wildman–Crippen LogP) is 0.962. The number of aliphatic hydroxyl groups excluding tert-OH is 1. The van der Waals surface area contributed by atoms with Crippen LogP contribution in [0.4, 0.5) is 5.69 Å². The average Bonchev–Trinajstić information content (AvgIpc) is 2.28. The van der Waals surface area contributed by atoms with Gasteiger partial charge in [-0.05, 0) is 33.1 Å². The molecule has 90 valence electrons. The molecule has 0 unspecified atom stereocenters. The van der Waals surface area contributed by atoms with Gasteiger partial charge in [-0.2, -0.15) is 0 Å². The van der Waals surface area contributed by atoms with Gasteiger partial charge in [-0.3, -0.25) is 4.98 Å². The summed E-state index contributed by atoms with van der Waals surface area (Å²) in [5, 5.41) is 9.21. The van der Waals surface area contributed by atoms with Crippen molar-refractivity contribution in [3.05, 3.63) is 24.0 Å². The smallest absolute Gasteiger partial charge is 0.0717 e. The Kier molecular flexibility index (Phi) is 5.22. The predicted molar refractivity (Wildman–Crippen MR) is 66.6 cm³/mol. The molecule has 0 aliphatic rings. The van der Waals surface area contributed by atoms with Crippen LogP contribution in [0.3, 0.4) is 0 Å². The van der Waals surface area contributed by atoms with Crippen LogP contribution in [-0.2, 0) is 6.61 Å². The minimum atomic E-state index is 0.0429. The number of nitrogens with zero attached hydrogens (tertiary/aromatic N) is 3. The second-order valence-electron chi connectivity index (χ2n) is 4.24. The van der Waals surface area contributed by atoms with Crippen LogP contribution in [-0.4, -0.2) is 49.2 Å². The van der Waals surface area contributed by atoms with Crippen molar-refractivity contribution in [2.75, 3.05) is 39.1 Å². The van der Waals surface area contributed by atoms with Gasteiger partial charge in [0.05, 0.1) is 6.61 Å². The van der Waals surface area contributed by atoms with Gasteiger partial charge in [0, 0.05) is 37.2 Å². The molecule has 0 aromatic carbocycles. The monoisotopic (exact) mass is 223 g/mol. The van der Waals surface area contributed by atoms with E-state index in [1.54, 1.807) is 12.4 Å². The van der Waals surface area contributed by atoms with Gasteiger partial charge < -0.3 is 14.9 Å². The summed E-state index contributed by atoms with van der Waals surface area (Å²) in [6.07, 6.45) is 4.59. The average molecular weight is 223 g/mol. The molecular weight excluding hydrogens is 202 g/mol. The highest BCUT2D eigenvalue weighted by Gasteiger charge is 2.06. The van der Waals surface area contributed by atoms with Crippen molar-refractivity contribution in [1.82, 2.24) is 9.88 Å². The van der Waals surface area contributed by atoms with E-state index >= 15 is 0 Å². The summed E-state index contributed by atoms with van der Waals surface area (Å²) in [7, 11) is 6.20. The van der Waals surface area contributed by atoms with E-state index in [4.69, 9.17) is 0 Å². The third kappa shape index (κ3) is 3.79. The first-order chi connectivity index (χ1) is 7.65. The second kappa shape index (κ2) is 6.45. The maximum absolute atomic E-state index is 9.21. The van der Waals surface area contributed by atoms with Crippen LogP contribution >= 0.6 is 0 Å². The Bertz CT molecular complexity index is 315. The van der Waals surface area contributed by atoms with E-state index < -0.39 is 0 Å². The number of rotatable bonds is 6.